The first kappa shape index (κ1) is 15.3. The van der Waals surface area contributed by atoms with Crippen LogP contribution in [0.2, 0.25) is 0 Å². The Balaban J connectivity index is 2.32. The molecule has 1 heterocycles. The molecule has 0 aliphatic carbocycles. The summed E-state index contributed by atoms with van der Waals surface area (Å²) in [6, 6.07) is 2.36. The van der Waals surface area contributed by atoms with E-state index in [0.29, 0.717) is 19.5 Å². The smallest absolute Gasteiger partial charge is 0.314 e. The van der Waals surface area contributed by atoms with Crippen LogP contribution in [0.5, 0.6) is 0 Å². The van der Waals surface area contributed by atoms with Crippen LogP contribution in [-0.2, 0) is 6.18 Å². The summed E-state index contributed by atoms with van der Waals surface area (Å²) in [5.41, 5.74) is -0.647. The third-order valence-electron chi connectivity index (χ3n) is 3.66. The average molecular weight is 290 g/mol. The molecule has 1 aromatic carbocycles. The van der Waals surface area contributed by atoms with Gasteiger partial charge in [0, 0.05) is 37.8 Å². The molecule has 112 valence electrons. The van der Waals surface area contributed by atoms with Gasteiger partial charge in [0.05, 0.1) is 5.56 Å². The summed E-state index contributed by atoms with van der Waals surface area (Å²) >= 11 is 0. The van der Waals surface area contributed by atoms with Gasteiger partial charge in [-0.25, -0.2) is 4.39 Å². The molecule has 0 amide bonds. The van der Waals surface area contributed by atoms with Crippen LogP contribution < -0.4 is 5.32 Å². The molecule has 1 aliphatic rings. The lowest BCUT2D eigenvalue weighted by Crippen LogP contribution is -2.45. The van der Waals surface area contributed by atoms with Gasteiger partial charge in [-0.2, -0.15) is 13.2 Å². The zero-order chi connectivity index (χ0) is 14.8. The number of alkyl halides is 3. The van der Waals surface area contributed by atoms with Crippen LogP contribution in [-0.4, -0.2) is 31.1 Å². The average Bonchev–Trinajstić information content (AvgIpc) is 2.41. The van der Waals surface area contributed by atoms with Crippen LogP contribution in [0.4, 0.5) is 17.6 Å². The molecule has 1 atom stereocenters. The van der Waals surface area contributed by atoms with Crippen molar-refractivity contribution < 1.29 is 17.6 Å². The Hall–Kier alpha value is -1.14. The van der Waals surface area contributed by atoms with Gasteiger partial charge in [-0.1, -0.05) is 6.92 Å². The SMILES string of the molecule is CC[C@H](c1cc(C(F)(F)F)ccc1F)N1CCNCC1. The summed E-state index contributed by atoms with van der Waals surface area (Å²) in [5, 5.41) is 3.18. The molecule has 1 saturated heterocycles. The van der Waals surface area contributed by atoms with Gasteiger partial charge in [-0.15, -0.1) is 0 Å². The first-order valence-corrected chi connectivity index (χ1v) is 6.75. The Morgan fingerprint density at radius 1 is 1.25 bits per heavy atom. The van der Waals surface area contributed by atoms with Crippen LogP contribution in [0.15, 0.2) is 18.2 Å². The fourth-order valence-corrected chi connectivity index (χ4v) is 2.64. The molecule has 0 saturated carbocycles. The highest BCUT2D eigenvalue weighted by molar-refractivity contribution is 5.29. The topological polar surface area (TPSA) is 15.3 Å². The van der Waals surface area contributed by atoms with E-state index in [1.54, 1.807) is 0 Å². The van der Waals surface area contributed by atoms with Crippen molar-refractivity contribution in [2.45, 2.75) is 25.6 Å². The summed E-state index contributed by atoms with van der Waals surface area (Å²) in [4.78, 5) is 2.04. The van der Waals surface area contributed by atoms with E-state index < -0.39 is 17.6 Å². The van der Waals surface area contributed by atoms with Gasteiger partial charge in [0.25, 0.3) is 0 Å². The summed E-state index contributed by atoms with van der Waals surface area (Å²) < 4.78 is 52.2. The number of rotatable bonds is 3. The van der Waals surface area contributed by atoms with Crippen LogP contribution in [0, 0.1) is 5.82 Å². The normalized spacial score (nSPS) is 19.1. The Morgan fingerprint density at radius 3 is 2.45 bits per heavy atom. The first-order valence-electron chi connectivity index (χ1n) is 6.75. The molecule has 20 heavy (non-hydrogen) atoms. The van der Waals surface area contributed by atoms with Gasteiger partial charge in [0.15, 0.2) is 0 Å². The predicted octanol–water partition coefficient (Wildman–Crippen LogP) is 3.20. The van der Waals surface area contributed by atoms with Gasteiger partial charge in [0.2, 0.25) is 0 Å². The predicted molar refractivity (Wildman–Crippen MR) is 68.9 cm³/mol. The maximum atomic E-state index is 13.9. The highest BCUT2D eigenvalue weighted by Crippen LogP contribution is 2.34. The lowest BCUT2D eigenvalue weighted by Gasteiger charge is -2.35. The van der Waals surface area contributed by atoms with Crippen LogP contribution in [0.1, 0.15) is 30.5 Å². The van der Waals surface area contributed by atoms with Crippen molar-refractivity contribution in [2.24, 2.45) is 0 Å². The van der Waals surface area contributed by atoms with E-state index in [4.69, 9.17) is 0 Å². The third-order valence-corrected chi connectivity index (χ3v) is 3.66. The Kier molecular flexibility index (Phi) is 4.65. The first-order chi connectivity index (χ1) is 9.43. The number of nitrogens with one attached hydrogen (secondary N) is 1. The molecule has 1 aromatic rings. The number of halogens is 4. The zero-order valence-electron chi connectivity index (χ0n) is 11.3. The number of nitrogens with zero attached hydrogens (tertiary/aromatic N) is 1. The summed E-state index contributed by atoms with van der Waals surface area (Å²) in [6.45, 7) is 4.85. The van der Waals surface area contributed by atoms with E-state index in [9.17, 15) is 17.6 Å². The summed E-state index contributed by atoms with van der Waals surface area (Å²) in [7, 11) is 0. The minimum absolute atomic E-state index is 0.143. The monoisotopic (exact) mass is 290 g/mol. The molecule has 2 rings (SSSR count). The van der Waals surface area contributed by atoms with Crippen molar-refractivity contribution in [3.8, 4) is 0 Å². The fourth-order valence-electron chi connectivity index (χ4n) is 2.64. The Labute approximate surface area is 115 Å². The Bertz CT molecular complexity index is 453. The van der Waals surface area contributed by atoms with Crippen molar-refractivity contribution in [2.75, 3.05) is 26.2 Å². The van der Waals surface area contributed by atoms with Gasteiger partial charge >= 0.3 is 6.18 Å². The van der Waals surface area contributed by atoms with Gasteiger partial charge < -0.3 is 5.32 Å². The lowest BCUT2D eigenvalue weighted by molar-refractivity contribution is -0.137. The zero-order valence-corrected chi connectivity index (χ0v) is 11.3. The van der Waals surface area contributed by atoms with Gasteiger partial charge in [0.1, 0.15) is 5.82 Å². The standard InChI is InChI=1S/C14H18F4N2/c1-2-13(20-7-5-19-6-8-20)11-9-10(14(16,17)18)3-4-12(11)15/h3-4,9,13,19H,2,5-8H2,1H3/t13-/m1/s1. The van der Waals surface area contributed by atoms with E-state index in [2.05, 4.69) is 5.32 Å². The molecule has 0 aromatic heterocycles. The van der Waals surface area contributed by atoms with E-state index in [1.807, 2.05) is 11.8 Å². The molecular weight excluding hydrogens is 272 g/mol. The van der Waals surface area contributed by atoms with Crippen molar-refractivity contribution in [1.82, 2.24) is 10.2 Å². The van der Waals surface area contributed by atoms with Crippen LogP contribution in [0.25, 0.3) is 0 Å². The van der Waals surface area contributed by atoms with Crippen molar-refractivity contribution in [3.05, 3.63) is 35.1 Å². The van der Waals surface area contributed by atoms with Crippen LogP contribution in [0.3, 0.4) is 0 Å². The van der Waals surface area contributed by atoms with Gasteiger partial charge in [-0.3, -0.25) is 4.90 Å². The van der Waals surface area contributed by atoms with Gasteiger partial charge in [-0.05, 0) is 24.6 Å². The second-order valence-electron chi connectivity index (χ2n) is 4.94. The molecule has 1 aliphatic heterocycles. The molecule has 0 spiro atoms. The van der Waals surface area contributed by atoms with E-state index >= 15 is 0 Å². The second-order valence-corrected chi connectivity index (χ2v) is 4.94. The fraction of sp³-hybridized carbons (Fsp3) is 0.571. The molecule has 1 fully saturated rings. The number of hydrogen-bond donors (Lipinski definition) is 1. The lowest BCUT2D eigenvalue weighted by atomic mass is 9.99. The van der Waals surface area contributed by atoms with Crippen LogP contribution >= 0.6 is 0 Å². The molecule has 0 unspecified atom stereocenters. The molecular formula is C14H18F4N2. The number of hydrogen-bond acceptors (Lipinski definition) is 2. The molecule has 1 N–H and O–H groups in total. The van der Waals surface area contributed by atoms with E-state index in [-0.39, 0.29) is 11.6 Å². The van der Waals surface area contributed by atoms with Crippen molar-refractivity contribution >= 4 is 0 Å². The summed E-state index contributed by atoms with van der Waals surface area (Å²) in [6.07, 6.45) is -3.86. The number of piperazine rings is 1. The molecule has 0 bridgehead atoms. The van der Waals surface area contributed by atoms with E-state index in [0.717, 1.165) is 31.3 Å². The largest absolute Gasteiger partial charge is 0.416 e. The highest BCUT2D eigenvalue weighted by atomic mass is 19.4. The molecule has 2 nitrogen and oxygen atoms in total. The Morgan fingerprint density at radius 2 is 1.90 bits per heavy atom. The number of benzene rings is 1. The third kappa shape index (κ3) is 3.30. The minimum atomic E-state index is -4.44. The van der Waals surface area contributed by atoms with Crippen molar-refractivity contribution in [3.63, 3.8) is 0 Å². The maximum absolute atomic E-state index is 13.9. The highest BCUT2D eigenvalue weighted by Gasteiger charge is 2.32. The maximum Gasteiger partial charge on any atom is 0.416 e. The minimum Gasteiger partial charge on any atom is -0.314 e. The van der Waals surface area contributed by atoms with E-state index in [1.165, 1.54) is 0 Å². The summed E-state index contributed by atoms with van der Waals surface area (Å²) in [5.74, 6) is -0.566. The quantitative estimate of drug-likeness (QED) is 0.860. The molecule has 0 radical (unpaired) electrons. The second kappa shape index (κ2) is 6.10. The molecule has 6 heteroatoms. The van der Waals surface area contributed by atoms with Crippen molar-refractivity contribution in [1.29, 1.82) is 0 Å².